The van der Waals surface area contributed by atoms with Crippen molar-refractivity contribution in [3.05, 3.63) is 75.2 Å². The molecular weight excluding hydrogens is 396 g/mol. The standard InChI is InChI=1S/C21H21ClN2O3S/c1-15-6-8-17(9-7-15)27-13-20-23-19(14-28-20)21(25)24(2)10-11-26-18-5-3-4-16(22)12-18/h3-9,12,14H,10-11,13H2,1-2H3. The molecule has 0 aliphatic rings. The predicted molar refractivity (Wildman–Crippen MR) is 112 cm³/mol. The highest BCUT2D eigenvalue weighted by molar-refractivity contribution is 7.09. The molecule has 1 amide bonds. The number of aryl methyl sites for hydroxylation is 1. The number of nitrogens with zero attached hydrogens (tertiary/aromatic N) is 2. The molecule has 28 heavy (non-hydrogen) atoms. The number of aromatic nitrogens is 1. The lowest BCUT2D eigenvalue weighted by Gasteiger charge is -2.16. The van der Waals surface area contributed by atoms with Gasteiger partial charge in [-0.2, -0.15) is 0 Å². The average Bonchev–Trinajstić information content (AvgIpc) is 3.16. The highest BCUT2D eigenvalue weighted by Gasteiger charge is 2.15. The Morgan fingerprint density at radius 1 is 1.14 bits per heavy atom. The number of halogens is 1. The summed E-state index contributed by atoms with van der Waals surface area (Å²) in [6.45, 7) is 3.18. The van der Waals surface area contributed by atoms with E-state index < -0.39 is 0 Å². The minimum atomic E-state index is -0.146. The lowest BCUT2D eigenvalue weighted by Crippen LogP contribution is -2.31. The van der Waals surface area contributed by atoms with E-state index in [1.54, 1.807) is 29.5 Å². The SMILES string of the molecule is Cc1ccc(OCc2nc(C(=O)N(C)CCOc3cccc(Cl)c3)cs2)cc1. The highest BCUT2D eigenvalue weighted by atomic mass is 35.5. The molecule has 1 heterocycles. The van der Waals surface area contributed by atoms with E-state index in [1.165, 1.54) is 16.9 Å². The topological polar surface area (TPSA) is 51.7 Å². The number of carbonyl (C=O) groups is 1. The fourth-order valence-corrected chi connectivity index (χ4v) is 3.27. The number of carbonyl (C=O) groups excluding carboxylic acids is 1. The second-order valence-corrected chi connectivity index (χ2v) is 7.64. The number of rotatable bonds is 8. The van der Waals surface area contributed by atoms with Crippen molar-refractivity contribution in [2.24, 2.45) is 0 Å². The van der Waals surface area contributed by atoms with Gasteiger partial charge >= 0.3 is 0 Å². The van der Waals surface area contributed by atoms with E-state index >= 15 is 0 Å². The number of benzene rings is 2. The minimum Gasteiger partial charge on any atom is -0.492 e. The summed E-state index contributed by atoms with van der Waals surface area (Å²) in [5, 5.41) is 3.13. The Morgan fingerprint density at radius 2 is 1.93 bits per heavy atom. The molecule has 0 saturated carbocycles. The zero-order chi connectivity index (χ0) is 19.9. The van der Waals surface area contributed by atoms with Gasteiger partial charge in [-0.05, 0) is 37.3 Å². The Bertz CT molecular complexity index is 927. The van der Waals surface area contributed by atoms with Gasteiger partial charge in [0.2, 0.25) is 0 Å². The molecule has 2 aromatic carbocycles. The van der Waals surface area contributed by atoms with Crippen LogP contribution in [0.25, 0.3) is 0 Å². The largest absolute Gasteiger partial charge is 0.492 e. The Labute approximate surface area is 173 Å². The lowest BCUT2D eigenvalue weighted by atomic mass is 10.2. The van der Waals surface area contributed by atoms with Gasteiger partial charge in [0.05, 0.1) is 6.54 Å². The van der Waals surface area contributed by atoms with Crippen LogP contribution in [0.3, 0.4) is 0 Å². The van der Waals surface area contributed by atoms with Crippen LogP contribution in [0.1, 0.15) is 21.1 Å². The Kier molecular flexibility index (Phi) is 6.90. The van der Waals surface area contributed by atoms with Gasteiger partial charge in [-0.15, -0.1) is 11.3 Å². The summed E-state index contributed by atoms with van der Waals surface area (Å²) in [5.74, 6) is 1.31. The molecule has 0 bridgehead atoms. The number of ether oxygens (including phenoxy) is 2. The van der Waals surface area contributed by atoms with Crippen LogP contribution in [-0.2, 0) is 6.61 Å². The van der Waals surface area contributed by atoms with Crippen molar-refractivity contribution in [2.75, 3.05) is 20.2 Å². The first-order valence-corrected chi connectivity index (χ1v) is 10.0. The Balaban J connectivity index is 1.47. The van der Waals surface area contributed by atoms with Gasteiger partial charge in [0.25, 0.3) is 5.91 Å². The normalized spacial score (nSPS) is 10.5. The molecule has 0 fully saturated rings. The molecule has 1 aromatic heterocycles. The Hall–Kier alpha value is -2.57. The zero-order valence-electron chi connectivity index (χ0n) is 15.7. The van der Waals surface area contributed by atoms with Crippen molar-refractivity contribution in [3.63, 3.8) is 0 Å². The molecule has 0 saturated heterocycles. The van der Waals surface area contributed by atoms with E-state index in [1.807, 2.05) is 43.3 Å². The Morgan fingerprint density at radius 3 is 2.68 bits per heavy atom. The molecule has 0 aliphatic heterocycles. The van der Waals surface area contributed by atoms with Crippen molar-refractivity contribution in [2.45, 2.75) is 13.5 Å². The van der Waals surface area contributed by atoms with Crippen molar-refractivity contribution < 1.29 is 14.3 Å². The fraction of sp³-hybridized carbons (Fsp3) is 0.238. The van der Waals surface area contributed by atoms with Gasteiger partial charge in [0.1, 0.15) is 35.4 Å². The quantitative estimate of drug-likeness (QED) is 0.527. The zero-order valence-corrected chi connectivity index (χ0v) is 17.3. The molecule has 0 radical (unpaired) electrons. The second kappa shape index (κ2) is 9.57. The molecule has 3 rings (SSSR count). The summed E-state index contributed by atoms with van der Waals surface area (Å²) in [4.78, 5) is 18.5. The van der Waals surface area contributed by atoms with Crippen LogP contribution in [0, 0.1) is 6.92 Å². The van der Waals surface area contributed by atoms with Gasteiger partial charge < -0.3 is 14.4 Å². The maximum atomic E-state index is 12.5. The molecule has 146 valence electrons. The van der Waals surface area contributed by atoms with Gasteiger partial charge in [0, 0.05) is 17.5 Å². The highest BCUT2D eigenvalue weighted by Crippen LogP contribution is 2.18. The van der Waals surface area contributed by atoms with E-state index in [4.69, 9.17) is 21.1 Å². The van der Waals surface area contributed by atoms with Crippen LogP contribution in [-0.4, -0.2) is 36.0 Å². The van der Waals surface area contributed by atoms with Gasteiger partial charge in [0.15, 0.2) is 0 Å². The molecule has 0 N–H and O–H groups in total. The molecule has 3 aromatic rings. The summed E-state index contributed by atoms with van der Waals surface area (Å²) in [5.41, 5.74) is 1.59. The first-order chi connectivity index (χ1) is 13.5. The fourth-order valence-electron chi connectivity index (χ4n) is 2.41. The summed E-state index contributed by atoms with van der Waals surface area (Å²) in [6, 6.07) is 15.0. The summed E-state index contributed by atoms with van der Waals surface area (Å²) in [6.07, 6.45) is 0. The maximum Gasteiger partial charge on any atom is 0.273 e. The molecule has 5 nitrogen and oxygen atoms in total. The molecule has 0 aliphatic carbocycles. The van der Waals surface area contributed by atoms with Crippen molar-refractivity contribution in [1.82, 2.24) is 9.88 Å². The first-order valence-electron chi connectivity index (χ1n) is 8.79. The first kappa shape index (κ1) is 20.2. The molecule has 0 spiro atoms. The number of hydrogen-bond acceptors (Lipinski definition) is 5. The summed E-state index contributed by atoms with van der Waals surface area (Å²) < 4.78 is 11.3. The van der Waals surface area contributed by atoms with Crippen molar-refractivity contribution in [1.29, 1.82) is 0 Å². The smallest absolute Gasteiger partial charge is 0.273 e. The molecular formula is C21H21ClN2O3S. The third kappa shape index (κ3) is 5.71. The maximum absolute atomic E-state index is 12.5. The van der Waals surface area contributed by atoms with Gasteiger partial charge in [-0.3, -0.25) is 4.79 Å². The van der Waals surface area contributed by atoms with Crippen LogP contribution in [0.5, 0.6) is 11.5 Å². The van der Waals surface area contributed by atoms with Gasteiger partial charge in [-0.1, -0.05) is 35.4 Å². The van der Waals surface area contributed by atoms with E-state index in [0.29, 0.717) is 36.2 Å². The number of thiazole rings is 1. The predicted octanol–water partition coefficient (Wildman–Crippen LogP) is 4.83. The van der Waals surface area contributed by atoms with Crippen molar-refractivity contribution >= 4 is 28.8 Å². The average molecular weight is 417 g/mol. The van der Waals surface area contributed by atoms with Crippen LogP contribution in [0.15, 0.2) is 53.9 Å². The molecule has 0 atom stereocenters. The number of hydrogen-bond donors (Lipinski definition) is 0. The summed E-state index contributed by atoms with van der Waals surface area (Å²) >= 11 is 7.34. The summed E-state index contributed by atoms with van der Waals surface area (Å²) in [7, 11) is 1.73. The molecule has 7 heteroatoms. The third-order valence-electron chi connectivity index (χ3n) is 3.99. The third-order valence-corrected chi connectivity index (χ3v) is 5.05. The van der Waals surface area contributed by atoms with Crippen molar-refractivity contribution in [3.8, 4) is 11.5 Å². The van der Waals surface area contributed by atoms with Gasteiger partial charge in [-0.25, -0.2) is 4.98 Å². The monoisotopic (exact) mass is 416 g/mol. The number of likely N-dealkylation sites (N-methyl/N-ethyl adjacent to an activating group) is 1. The van der Waals surface area contributed by atoms with E-state index in [0.717, 1.165) is 10.8 Å². The second-order valence-electron chi connectivity index (χ2n) is 6.26. The minimum absolute atomic E-state index is 0.146. The number of amides is 1. The van der Waals surface area contributed by atoms with Crippen LogP contribution in [0.4, 0.5) is 0 Å². The lowest BCUT2D eigenvalue weighted by molar-refractivity contribution is 0.0768. The van der Waals surface area contributed by atoms with Crippen LogP contribution in [0.2, 0.25) is 5.02 Å². The van der Waals surface area contributed by atoms with E-state index in [-0.39, 0.29) is 5.91 Å². The van der Waals surface area contributed by atoms with E-state index in [2.05, 4.69) is 4.98 Å². The van der Waals surface area contributed by atoms with E-state index in [9.17, 15) is 4.79 Å². The molecule has 0 unspecified atom stereocenters. The van der Waals surface area contributed by atoms with Crippen LogP contribution < -0.4 is 9.47 Å². The van der Waals surface area contributed by atoms with Crippen LogP contribution >= 0.6 is 22.9 Å².